The smallest absolute Gasteiger partial charge is 0.333 e. The van der Waals surface area contributed by atoms with Crippen molar-refractivity contribution in [3.05, 3.63) is 55.4 Å². The van der Waals surface area contributed by atoms with Crippen molar-refractivity contribution in [1.29, 1.82) is 0 Å². The zero-order valence-corrected chi connectivity index (χ0v) is 22.4. The molecule has 1 atom stereocenters. The molecule has 0 saturated heterocycles. The molecule has 1 amide bonds. The van der Waals surface area contributed by atoms with E-state index in [4.69, 9.17) is 16.3 Å². The number of anilines is 1. The summed E-state index contributed by atoms with van der Waals surface area (Å²) >= 11 is 13.4. The van der Waals surface area contributed by atoms with Crippen LogP contribution in [-0.4, -0.2) is 30.4 Å². The molecule has 0 aromatic heterocycles. The topological polar surface area (TPSA) is 93.7 Å². The Morgan fingerprint density at radius 1 is 1.09 bits per heavy atom. The van der Waals surface area contributed by atoms with Crippen LogP contribution in [0, 0.1) is 0 Å². The fraction of sp³-hybridized carbons (Fsp3) is 0.348. The summed E-state index contributed by atoms with van der Waals surface area (Å²) in [6.07, 6.45) is 1.04. The van der Waals surface area contributed by atoms with Gasteiger partial charge in [0.1, 0.15) is 18.9 Å². The Morgan fingerprint density at radius 3 is 2.36 bits per heavy atom. The summed E-state index contributed by atoms with van der Waals surface area (Å²) in [5, 5.41) is 6.39. The summed E-state index contributed by atoms with van der Waals surface area (Å²) in [6, 6.07) is 9.14. The number of rotatable bonds is 10. The third-order valence-corrected chi connectivity index (χ3v) is 6.26. The van der Waals surface area contributed by atoms with E-state index in [1.165, 1.54) is 0 Å². The summed E-state index contributed by atoms with van der Waals surface area (Å²) in [5.41, 5.74) is 1.94. The molecule has 0 fully saturated rings. The second-order valence-corrected chi connectivity index (χ2v) is 9.26. The summed E-state index contributed by atoms with van der Waals surface area (Å²) < 4.78 is 11.6. The molecule has 2 N–H and O–H groups in total. The van der Waals surface area contributed by atoms with Crippen LogP contribution in [0.2, 0.25) is 5.02 Å². The van der Waals surface area contributed by atoms with Crippen LogP contribution >= 0.6 is 43.5 Å². The number of halogens is 3. The lowest BCUT2D eigenvalue weighted by molar-refractivity contribution is -0.158. The molecule has 0 radical (unpaired) electrons. The van der Waals surface area contributed by atoms with Gasteiger partial charge in [0, 0.05) is 23.6 Å². The Hall–Kier alpha value is -2.10. The van der Waals surface area contributed by atoms with Gasteiger partial charge >= 0.3 is 11.9 Å². The van der Waals surface area contributed by atoms with Crippen molar-refractivity contribution in [2.24, 2.45) is 0 Å². The van der Waals surface area contributed by atoms with Crippen molar-refractivity contribution in [2.45, 2.75) is 46.3 Å². The highest BCUT2D eigenvalue weighted by atomic mass is 79.9. The molecule has 0 aliphatic carbocycles. The van der Waals surface area contributed by atoms with Gasteiger partial charge in [0.15, 0.2) is 0 Å². The lowest BCUT2D eigenvalue weighted by Gasteiger charge is -2.17. The lowest BCUT2D eigenvalue weighted by atomic mass is 10.1. The Kier molecular flexibility index (Phi) is 10.7. The zero-order chi connectivity index (χ0) is 24.5. The number of amides is 1. The third kappa shape index (κ3) is 8.01. The van der Waals surface area contributed by atoms with Crippen molar-refractivity contribution in [3.63, 3.8) is 0 Å². The number of hydrogen-bond donors (Lipinski definition) is 2. The van der Waals surface area contributed by atoms with Gasteiger partial charge in [-0.25, -0.2) is 4.79 Å². The number of hydrogen-bond acceptors (Lipinski definition) is 6. The molecule has 7 nitrogen and oxygen atoms in total. The van der Waals surface area contributed by atoms with Crippen LogP contribution in [0.1, 0.15) is 49.5 Å². The van der Waals surface area contributed by atoms with Crippen LogP contribution in [0.25, 0.3) is 0 Å². The van der Waals surface area contributed by atoms with Crippen LogP contribution in [-0.2, 0) is 20.9 Å². The lowest BCUT2D eigenvalue weighted by Crippen LogP contribution is -2.31. The predicted octanol–water partition coefficient (Wildman–Crippen LogP) is 5.86. The first-order valence-electron chi connectivity index (χ1n) is 10.3. The summed E-state index contributed by atoms with van der Waals surface area (Å²) in [5.74, 6) is -1.48. The minimum Gasteiger partial charge on any atom is -0.486 e. The fourth-order valence-corrected chi connectivity index (χ4v) is 4.29. The van der Waals surface area contributed by atoms with Gasteiger partial charge in [0.25, 0.3) is 5.91 Å². The van der Waals surface area contributed by atoms with Gasteiger partial charge in [-0.1, -0.05) is 37.6 Å². The van der Waals surface area contributed by atoms with Gasteiger partial charge in [-0.05, 0) is 63.4 Å². The van der Waals surface area contributed by atoms with Crippen LogP contribution in [0.5, 0.6) is 5.75 Å². The summed E-state index contributed by atoms with van der Waals surface area (Å²) in [7, 11) is 0. The second-order valence-electron chi connectivity index (χ2n) is 7.17. The highest BCUT2D eigenvalue weighted by Gasteiger charge is 2.17. The molecule has 0 spiro atoms. The molecule has 0 heterocycles. The maximum absolute atomic E-state index is 12.4. The first-order valence-corrected chi connectivity index (χ1v) is 12.3. The number of carbonyl (C=O) groups excluding carboxylic acids is 3. The molecule has 2 aromatic carbocycles. The van der Waals surface area contributed by atoms with Gasteiger partial charge in [-0.15, -0.1) is 0 Å². The average molecular weight is 605 g/mol. The normalized spacial score (nSPS) is 11.5. The van der Waals surface area contributed by atoms with E-state index >= 15 is 0 Å². The van der Waals surface area contributed by atoms with E-state index in [9.17, 15) is 14.4 Å². The highest BCUT2D eigenvalue weighted by Crippen LogP contribution is 2.36. The molecular weight excluding hydrogens is 580 g/mol. The van der Waals surface area contributed by atoms with Gasteiger partial charge in [-0.2, -0.15) is 0 Å². The molecular formula is C23H25Br2ClN2O5. The summed E-state index contributed by atoms with van der Waals surface area (Å²) in [6.45, 7) is 5.55. The first-order chi connectivity index (χ1) is 15.7. The molecule has 0 aliphatic rings. The van der Waals surface area contributed by atoms with Gasteiger partial charge in [0.05, 0.1) is 19.7 Å². The maximum Gasteiger partial charge on any atom is 0.333 e. The Labute approximate surface area is 214 Å². The van der Waals surface area contributed by atoms with E-state index in [2.05, 4.69) is 61.1 Å². The monoisotopic (exact) mass is 602 g/mol. The van der Waals surface area contributed by atoms with Crippen molar-refractivity contribution in [3.8, 4) is 5.75 Å². The molecule has 0 bridgehead atoms. The number of ether oxygens (including phenoxy) is 2. The standard InChI is InChI=1S/C23H25Br2ClN2O5/c1-4-13(3)28-18-8-6-7-14(21(18)26)12-32-22-16(24)9-15(10-17(22)25)23(31)27-11-20(30)33-19(29)5-2/h6-10,13,28H,4-5,11-12H2,1-3H3,(H,27,31). The van der Waals surface area contributed by atoms with E-state index < -0.39 is 24.4 Å². The Bertz CT molecular complexity index is 1010. The minimum absolute atomic E-state index is 0.0743. The van der Waals surface area contributed by atoms with Crippen LogP contribution < -0.4 is 15.4 Å². The second kappa shape index (κ2) is 13.0. The fourth-order valence-electron chi connectivity index (χ4n) is 2.64. The van der Waals surface area contributed by atoms with Gasteiger partial charge < -0.3 is 20.1 Å². The largest absolute Gasteiger partial charge is 0.486 e. The maximum atomic E-state index is 12.4. The Balaban J connectivity index is 2.06. The highest BCUT2D eigenvalue weighted by molar-refractivity contribution is 9.11. The Morgan fingerprint density at radius 2 is 1.76 bits per heavy atom. The molecule has 1 unspecified atom stereocenters. The zero-order valence-electron chi connectivity index (χ0n) is 18.5. The molecule has 0 saturated carbocycles. The average Bonchev–Trinajstić information content (AvgIpc) is 2.78. The molecule has 33 heavy (non-hydrogen) atoms. The number of esters is 2. The third-order valence-electron chi connectivity index (χ3n) is 4.64. The van der Waals surface area contributed by atoms with E-state index in [0.29, 0.717) is 19.7 Å². The summed E-state index contributed by atoms with van der Waals surface area (Å²) in [4.78, 5) is 35.1. The van der Waals surface area contributed by atoms with Crippen molar-refractivity contribution in [2.75, 3.05) is 11.9 Å². The number of benzene rings is 2. The van der Waals surface area contributed by atoms with Crippen LogP contribution in [0.3, 0.4) is 0 Å². The molecule has 10 heteroatoms. The van der Waals surface area contributed by atoms with E-state index in [1.54, 1.807) is 19.1 Å². The molecule has 2 rings (SSSR count). The molecule has 2 aromatic rings. The van der Waals surface area contributed by atoms with Gasteiger partial charge in [0.2, 0.25) is 0 Å². The van der Waals surface area contributed by atoms with E-state index in [-0.39, 0.29) is 24.6 Å². The molecule has 0 aliphatic heterocycles. The number of carbonyl (C=O) groups is 3. The van der Waals surface area contributed by atoms with E-state index in [1.807, 2.05) is 18.2 Å². The van der Waals surface area contributed by atoms with Crippen LogP contribution in [0.15, 0.2) is 39.3 Å². The van der Waals surface area contributed by atoms with Crippen molar-refractivity contribution >= 4 is 67.0 Å². The van der Waals surface area contributed by atoms with Gasteiger partial charge in [-0.3, -0.25) is 9.59 Å². The van der Waals surface area contributed by atoms with Crippen LogP contribution in [0.4, 0.5) is 5.69 Å². The van der Waals surface area contributed by atoms with Crippen molar-refractivity contribution < 1.29 is 23.9 Å². The minimum atomic E-state index is -0.824. The number of nitrogens with one attached hydrogen (secondary N) is 2. The first kappa shape index (κ1) is 27.1. The molecule has 178 valence electrons. The SMILES string of the molecule is CCC(=O)OC(=O)CNC(=O)c1cc(Br)c(OCc2cccc(NC(C)CC)c2Cl)c(Br)c1. The van der Waals surface area contributed by atoms with Crippen molar-refractivity contribution in [1.82, 2.24) is 5.32 Å². The van der Waals surface area contributed by atoms with E-state index in [0.717, 1.165) is 17.7 Å². The predicted molar refractivity (Wildman–Crippen MR) is 135 cm³/mol. The quantitative estimate of drug-likeness (QED) is 0.261.